The molecule has 0 bridgehead atoms. The van der Waals surface area contributed by atoms with Gasteiger partial charge in [-0.05, 0) is 52.0 Å². The van der Waals surface area contributed by atoms with Crippen LogP contribution in [0, 0.1) is 0 Å². The normalized spacial score (nSPS) is 20.9. The van der Waals surface area contributed by atoms with Gasteiger partial charge in [-0.3, -0.25) is 4.79 Å². The fourth-order valence-corrected chi connectivity index (χ4v) is 2.50. The molecule has 0 N–H and O–H groups in total. The van der Waals surface area contributed by atoms with Crippen LogP contribution in [0.15, 0.2) is 24.3 Å². The molecule has 1 aliphatic heterocycles. The Morgan fingerprint density at radius 1 is 1.12 bits per heavy atom. The van der Waals surface area contributed by atoms with E-state index in [9.17, 15) is 18.0 Å². The van der Waals surface area contributed by atoms with Crippen LogP contribution in [0.4, 0.5) is 13.2 Å². The third kappa shape index (κ3) is 3.95. The topological polar surface area (TPSA) is 35.5 Å². The number of carbonyl (C=O) groups is 1. The monoisotopic (exact) mass is 362 g/mol. The van der Waals surface area contributed by atoms with Crippen molar-refractivity contribution in [1.82, 2.24) is 0 Å². The van der Waals surface area contributed by atoms with E-state index in [-0.39, 0.29) is 5.56 Å². The number of rotatable bonds is 4. The van der Waals surface area contributed by atoms with E-state index in [1.54, 1.807) is 27.7 Å². The van der Waals surface area contributed by atoms with Gasteiger partial charge in [0.1, 0.15) is 0 Å². The molecule has 24 heavy (non-hydrogen) atoms. The fourth-order valence-electron chi connectivity index (χ4n) is 2.37. The molecule has 0 radical (unpaired) electrons. The van der Waals surface area contributed by atoms with Crippen molar-refractivity contribution in [2.45, 2.75) is 57.3 Å². The van der Waals surface area contributed by atoms with Crippen molar-refractivity contribution in [2.75, 3.05) is 0 Å². The van der Waals surface area contributed by atoms with Gasteiger partial charge in [-0.2, -0.15) is 13.2 Å². The van der Waals surface area contributed by atoms with Crippen LogP contribution < -0.4 is 0 Å². The summed E-state index contributed by atoms with van der Waals surface area (Å²) in [5.41, 5.74) is -1.63. The second kappa shape index (κ2) is 6.35. The Labute approximate surface area is 144 Å². The standard InChI is InChI=1S/C16H19BClF3O3/c1-14(2)15(3,4)24-17(23-14)13(16(19,20)21)9-12(22)10-5-7-11(18)8-6-10/h5-8,13H,9H2,1-4H3/t13-/m0/s1. The summed E-state index contributed by atoms with van der Waals surface area (Å²) >= 11 is 5.73. The highest BCUT2D eigenvalue weighted by Crippen LogP contribution is 2.46. The van der Waals surface area contributed by atoms with E-state index >= 15 is 0 Å². The number of carbonyl (C=O) groups excluding carboxylic acids is 1. The smallest absolute Gasteiger partial charge is 0.403 e. The number of hydrogen-bond donors (Lipinski definition) is 0. The molecule has 0 aromatic heterocycles. The highest BCUT2D eigenvalue weighted by Gasteiger charge is 2.60. The van der Waals surface area contributed by atoms with Gasteiger partial charge in [0, 0.05) is 17.0 Å². The van der Waals surface area contributed by atoms with E-state index < -0.39 is 42.5 Å². The highest BCUT2D eigenvalue weighted by molar-refractivity contribution is 6.48. The summed E-state index contributed by atoms with van der Waals surface area (Å²) in [5, 5.41) is 0.407. The number of hydrogen-bond acceptors (Lipinski definition) is 3. The van der Waals surface area contributed by atoms with Crippen LogP contribution in [-0.2, 0) is 9.31 Å². The largest absolute Gasteiger partial charge is 0.470 e. The van der Waals surface area contributed by atoms with Gasteiger partial charge in [0.2, 0.25) is 0 Å². The Balaban J connectivity index is 2.22. The first-order valence-corrected chi connectivity index (χ1v) is 7.92. The highest BCUT2D eigenvalue weighted by atomic mass is 35.5. The summed E-state index contributed by atoms with van der Waals surface area (Å²) in [6.45, 7) is 6.67. The Bertz CT molecular complexity index is 598. The lowest BCUT2D eigenvalue weighted by Crippen LogP contribution is -2.41. The zero-order valence-electron chi connectivity index (χ0n) is 13.9. The molecule has 1 heterocycles. The van der Waals surface area contributed by atoms with Crippen molar-refractivity contribution in [2.24, 2.45) is 0 Å². The number of Topliss-reactive ketones (excluding diaryl/α,β-unsaturated/α-hetero) is 1. The average molecular weight is 363 g/mol. The van der Waals surface area contributed by atoms with Gasteiger partial charge >= 0.3 is 13.3 Å². The summed E-state index contributed by atoms with van der Waals surface area (Å²) < 4.78 is 51.4. The van der Waals surface area contributed by atoms with Crippen molar-refractivity contribution in [3.05, 3.63) is 34.9 Å². The van der Waals surface area contributed by atoms with E-state index in [4.69, 9.17) is 20.9 Å². The van der Waals surface area contributed by atoms with Crippen molar-refractivity contribution in [3.8, 4) is 0 Å². The minimum Gasteiger partial charge on any atom is -0.403 e. The maximum absolute atomic E-state index is 13.5. The molecule has 1 aromatic carbocycles. The molecule has 0 aliphatic carbocycles. The maximum Gasteiger partial charge on any atom is 0.470 e. The van der Waals surface area contributed by atoms with Crippen molar-refractivity contribution < 1.29 is 27.3 Å². The van der Waals surface area contributed by atoms with Crippen molar-refractivity contribution in [1.29, 1.82) is 0 Å². The SMILES string of the molecule is CC1(C)OB([C@@H](CC(=O)c2ccc(Cl)cc2)C(F)(F)F)OC1(C)C. The predicted octanol–water partition coefficient (Wildman–Crippen LogP) is 4.94. The number of alkyl halides is 3. The number of halogens is 4. The van der Waals surface area contributed by atoms with E-state index in [0.29, 0.717) is 5.02 Å². The first-order chi connectivity index (χ1) is 10.8. The van der Waals surface area contributed by atoms with Crippen LogP contribution in [-0.4, -0.2) is 30.3 Å². The Kier molecular flexibility index (Phi) is 5.10. The van der Waals surface area contributed by atoms with Crippen molar-refractivity contribution >= 4 is 24.5 Å². The molecule has 1 atom stereocenters. The second-order valence-corrected chi connectivity index (χ2v) is 7.34. The van der Waals surface area contributed by atoms with E-state index in [2.05, 4.69) is 0 Å². The zero-order valence-corrected chi connectivity index (χ0v) is 14.7. The third-order valence-electron chi connectivity index (χ3n) is 4.59. The Hall–Kier alpha value is -1.05. The molecule has 0 saturated carbocycles. The molecule has 132 valence electrons. The quantitative estimate of drug-likeness (QED) is 0.562. The number of ketones is 1. The van der Waals surface area contributed by atoms with Crippen LogP contribution in [0.1, 0.15) is 44.5 Å². The molecule has 0 unspecified atom stereocenters. The summed E-state index contributed by atoms with van der Waals surface area (Å²) in [5.74, 6) is -2.68. The molecular formula is C16H19BClF3O3. The maximum atomic E-state index is 13.5. The predicted molar refractivity (Wildman–Crippen MR) is 86.3 cm³/mol. The molecule has 1 fully saturated rings. The molecule has 1 aromatic rings. The van der Waals surface area contributed by atoms with Gasteiger partial charge in [-0.25, -0.2) is 0 Å². The molecule has 2 rings (SSSR count). The average Bonchev–Trinajstić information content (AvgIpc) is 2.63. The minimum absolute atomic E-state index is 0.171. The lowest BCUT2D eigenvalue weighted by molar-refractivity contribution is -0.138. The van der Waals surface area contributed by atoms with Gasteiger partial charge in [0.25, 0.3) is 0 Å². The lowest BCUT2D eigenvalue weighted by Gasteiger charge is -2.32. The van der Waals surface area contributed by atoms with E-state index in [1.165, 1.54) is 24.3 Å². The van der Waals surface area contributed by atoms with Crippen LogP contribution in [0.3, 0.4) is 0 Å². The summed E-state index contributed by atoms with van der Waals surface area (Å²) in [7, 11) is -1.52. The molecule has 1 aliphatic rings. The van der Waals surface area contributed by atoms with Crippen LogP contribution in [0.5, 0.6) is 0 Å². The number of benzene rings is 1. The Morgan fingerprint density at radius 3 is 2.00 bits per heavy atom. The Morgan fingerprint density at radius 2 is 1.58 bits per heavy atom. The van der Waals surface area contributed by atoms with Crippen LogP contribution in [0.2, 0.25) is 10.8 Å². The zero-order chi connectivity index (χ0) is 18.3. The fraction of sp³-hybridized carbons (Fsp3) is 0.562. The first-order valence-electron chi connectivity index (χ1n) is 7.54. The lowest BCUT2D eigenvalue weighted by atomic mass is 9.68. The minimum atomic E-state index is -4.62. The summed E-state index contributed by atoms with van der Waals surface area (Å²) in [6.07, 6.45) is -5.37. The van der Waals surface area contributed by atoms with Gasteiger partial charge in [0.05, 0.1) is 17.0 Å². The van der Waals surface area contributed by atoms with Gasteiger partial charge in [-0.15, -0.1) is 0 Å². The molecule has 8 heteroatoms. The van der Waals surface area contributed by atoms with Gasteiger partial charge in [-0.1, -0.05) is 11.6 Å². The van der Waals surface area contributed by atoms with Crippen molar-refractivity contribution in [3.63, 3.8) is 0 Å². The summed E-state index contributed by atoms with van der Waals surface area (Å²) in [6, 6.07) is 5.74. The van der Waals surface area contributed by atoms with Gasteiger partial charge in [0.15, 0.2) is 5.78 Å². The van der Waals surface area contributed by atoms with Crippen LogP contribution in [0.25, 0.3) is 0 Å². The molecule has 1 saturated heterocycles. The molecule has 3 nitrogen and oxygen atoms in total. The molecule has 0 spiro atoms. The second-order valence-electron chi connectivity index (χ2n) is 6.91. The van der Waals surface area contributed by atoms with Crippen LogP contribution >= 0.6 is 11.6 Å². The first kappa shape index (κ1) is 19.3. The van der Waals surface area contributed by atoms with E-state index in [0.717, 1.165) is 0 Å². The van der Waals surface area contributed by atoms with E-state index in [1.807, 2.05) is 0 Å². The third-order valence-corrected chi connectivity index (χ3v) is 4.84. The summed E-state index contributed by atoms with van der Waals surface area (Å²) in [4.78, 5) is 12.2. The van der Waals surface area contributed by atoms with Gasteiger partial charge < -0.3 is 9.31 Å². The molecule has 0 amide bonds. The molecular weight excluding hydrogens is 343 g/mol.